The number of hydrogen-bond donors (Lipinski definition) is 2. The number of nitrogens with zero attached hydrogens (tertiary/aromatic N) is 2. The lowest BCUT2D eigenvalue weighted by molar-refractivity contribution is 0.0341. The fourth-order valence-electron chi connectivity index (χ4n) is 3.31. The second-order valence-electron chi connectivity index (χ2n) is 7.35. The van der Waals surface area contributed by atoms with Gasteiger partial charge in [0.25, 0.3) is 0 Å². The molecule has 0 aromatic heterocycles. The molecule has 6 nitrogen and oxygen atoms in total. The van der Waals surface area contributed by atoms with Gasteiger partial charge in [-0.2, -0.15) is 0 Å². The molecule has 0 radical (unpaired) electrons. The highest BCUT2D eigenvalue weighted by Crippen LogP contribution is 2.14. The Hall–Kier alpha value is -2.64. The molecule has 1 aliphatic heterocycles. The summed E-state index contributed by atoms with van der Waals surface area (Å²) in [6.07, 6.45) is -0.0948. The van der Waals surface area contributed by atoms with Gasteiger partial charge in [-0.3, -0.25) is 9.89 Å². The zero-order valence-corrected chi connectivity index (χ0v) is 17.7. The van der Waals surface area contributed by atoms with E-state index in [0.29, 0.717) is 24.8 Å². The first kappa shape index (κ1) is 22.1. The largest absolute Gasteiger partial charge is 0.489 e. The summed E-state index contributed by atoms with van der Waals surface area (Å²) in [4.78, 5) is 6.72. The molecule has 0 amide bonds. The lowest BCUT2D eigenvalue weighted by Gasteiger charge is -2.27. The minimum absolute atomic E-state index is 0.0948. The van der Waals surface area contributed by atoms with Crippen molar-refractivity contribution >= 4 is 5.96 Å². The molecule has 30 heavy (non-hydrogen) atoms. The van der Waals surface area contributed by atoms with Gasteiger partial charge in [-0.05, 0) is 42.3 Å². The van der Waals surface area contributed by atoms with Gasteiger partial charge >= 0.3 is 0 Å². The number of rotatable bonds is 8. The molecule has 0 spiro atoms. The highest BCUT2D eigenvalue weighted by Gasteiger charge is 2.13. The number of nitrogens with one attached hydrogen (secondary N) is 2. The summed E-state index contributed by atoms with van der Waals surface area (Å²) in [7, 11) is 1.75. The van der Waals surface area contributed by atoms with E-state index in [1.165, 1.54) is 23.3 Å². The summed E-state index contributed by atoms with van der Waals surface area (Å²) in [5.41, 5.74) is 2.57. The van der Waals surface area contributed by atoms with Crippen LogP contribution in [0.5, 0.6) is 5.75 Å². The quantitative estimate of drug-likeness (QED) is 0.514. The predicted octanol–water partition coefficient (Wildman–Crippen LogP) is 2.79. The molecule has 1 heterocycles. The molecule has 2 N–H and O–H groups in total. The maximum absolute atomic E-state index is 13.0. The molecule has 1 saturated heterocycles. The van der Waals surface area contributed by atoms with Gasteiger partial charge in [0.05, 0.1) is 19.8 Å². The summed E-state index contributed by atoms with van der Waals surface area (Å²) in [6.45, 7) is 7.69. The average Bonchev–Trinajstić information content (AvgIpc) is 2.77. The van der Waals surface area contributed by atoms with Crippen molar-refractivity contribution in [3.05, 3.63) is 65.5 Å². The summed E-state index contributed by atoms with van der Waals surface area (Å²) < 4.78 is 24.3. The number of benzene rings is 2. The van der Waals surface area contributed by atoms with Crippen molar-refractivity contribution < 1.29 is 13.9 Å². The van der Waals surface area contributed by atoms with Crippen molar-refractivity contribution in [3.63, 3.8) is 0 Å². The number of halogens is 1. The molecule has 162 valence electrons. The lowest BCUT2D eigenvalue weighted by atomic mass is 10.1. The molecule has 1 atom stereocenters. The smallest absolute Gasteiger partial charge is 0.191 e. The van der Waals surface area contributed by atoms with E-state index in [0.717, 1.165) is 32.8 Å². The Kier molecular flexibility index (Phi) is 8.47. The molecular weight excluding hydrogens is 383 g/mol. The predicted molar refractivity (Wildman–Crippen MR) is 117 cm³/mol. The summed E-state index contributed by atoms with van der Waals surface area (Å²) >= 11 is 0. The molecule has 3 rings (SSSR count). The molecule has 1 fully saturated rings. The van der Waals surface area contributed by atoms with Crippen LogP contribution in [-0.4, -0.2) is 56.9 Å². The monoisotopic (exact) mass is 414 g/mol. The van der Waals surface area contributed by atoms with E-state index in [2.05, 4.69) is 44.8 Å². The first-order valence-corrected chi connectivity index (χ1v) is 10.4. The van der Waals surface area contributed by atoms with Gasteiger partial charge in [0.15, 0.2) is 5.96 Å². The van der Waals surface area contributed by atoms with Crippen LogP contribution in [0.1, 0.15) is 18.1 Å². The molecular formula is C23H31FN4O2. The van der Waals surface area contributed by atoms with Crippen LogP contribution < -0.4 is 15.4 Å². The Morgan fingerprint density at radius 2 is 1.80 bits per heavy atom. The fourth-order valence-corrected chi connectivity index (χ4v) is 3.31. The van der Waals surface area contributed by atoms with Crippen LogP contribution in [-0.2, 0) is 17.8 Å². The van der Waals surface area contributed by atoms with Crippen LogP contribution >= 0.6 is 0 Å². The molecule has 1 unspecified atom stereocenters. The van der Waals surface area contributed by atoms with Crippen molar-refractivity contribution in [1.29, 1.82) is 0 Å². The van der Waals surface area contributed by atoms with E-state index in [9.17, 15) is 4.39 Å². The Bertz CT molecular complexity index is 807. The highest BCUT2D eigenvalue weighted by atomic mass is 19.1. The summed E-state index contributed by atoms with van der Waals surface area (Å²) in [5.74, 6) is 1.09. The second-order valence-corrected chi connectivity index (χ2v) is 7.35. The maximum Gasteiger partial charge on any atom is 0.191 e. The van der Waals surface area contributed by atoms with Gasteiger partial charge in [-0.25, -0.2) is 4.39 Å². The van der Waals surface area contributed by atoms with Gasteiger partial charge in [-0.15, -0.1) is 0 Å². The van der Waals surface area contributed by atoms with Gasteiger partial charge in [0, 0.05) is 33.2 Å². The molecule has 1 aliphatic rings. The number of aliphatic imine (C=N–C) groups is 1. The summed E-state index contributed by atoms with van der Waals surface area (Å²) in [6, 6.07) is 14.5. The third kappa shape index (κ3) is 7.00. The van der Waals surface area contributed by atoms with Gasteiger partial charge < -0.3 is 20.1 Å². The highest BCUT2D eigenvalue weighted by molar-refractivity contribution is 5.79. The van der Waals surface area contributed by atoms with Crippen molar-refractivity contribution in [2.45, 2.75) is 26.1 Å². The molecule has 0 bridgehead atoms. The van der Waals surface area contributed by atoms with Crippen molar-refractivity contribution in [1.82, 2.24) is 15.5 Å². The van der Waals surface area contributed by atoms with Crippen LogP contribution in [0.3, 0.4) is 0 Å². The van der Waals surface area contributed by atoms with Crippen LogP contribution in [0.15, 0.2) is 53.5 Å². The Labute approximate surface area is 178 Å². The summed E-state index contributed by atoms with van der Waals surface area (Å²) in [5, 5.41) is 6.67. The molecule has 7 heteroatoms. The Morgan fingerprint density at radius 3 is 2.50 bits per heavy atom. The fraction of sp³-hybridized carbons (Fsp3) is 0.435. The third-order valence-electron chi connectivity index (χ3n) is 4.99. The Morgan fingerprint density at radius 1 is 1.10 bits per heavy atom. The van der Waals surface area contributed by atoms with Gasteiger partial charge in [0.1, 0.15) is 17.7 Å². The minimum atomic E-state index is -0.272. The number of ether oxygens (including phenoxy) is 2. The molecule has 0 saturated carbocycles. The van der Waals surface area contributed by atoms with Gasteiger partial charge in [-0.1, -0.05) is 24.3 Å². The Balaban J connectivity index is 1.47. The topological polar surface area (TPSA) is 58.1 Å². The zero-order valence-electron chi connectivity index (χ0n) is 17.7. The van der Waals surface area contributed by atoms with E-state index >= 15 is 0 Å². The van der Waals surface area contributed by atoms with E-state index in [1.807, 2.05) is 6.92 Å². The third-order valence-corrected chi connectivity index (χ3v) is 4.99. The van der Waals surface area contributed by atoms with Crippen LogP contribution in [0.4, 0.5) is 4.39 Å². The first-order chi connectivity index (χ1) is 14.6. The van der Waals surface area contributed by atoms with Gasteiger partial charge in [0.2, 0.25) is 0 Å². The van der Waals surface area contributed by atoms with Crippen LogP contribution in [0.2, 0.25) is 0 Å². The second kappa shape index (κ2) is 11.5. The first-order valence-electron chi connectivity index (χ1n) is 10.4. The van der Waals surface area contributed by atoms with E-state index in [-0.39, 0.29) is 11.9 Å². The van der Waals surface area contributed by atoms with Crippen molar-refractivity contribution in [3.8, 4) is 5.75 Å². The molecule has 2 aromatic carbocycles. The molecule has 2 aromatic rings. The minimum Gasteiger partial charge on any atom is -0.489 e. The standard InChI is InChI=1S/C23H31FN4O2/c1-18(30-22-9-7-21(24)8-10-22)15-26-23(25-2)27-16-19-5-3-4-6-20(19)17-28-11-13-29-14-12-28/h3-10,18H,11-17H2,1-2H3,(H2,25,26,27). The van der Waals surface area contributed by atoms with Crippen LogP contribution in [0, 0.1) is 5.82 Å². The van der Waals surface area contributed by atoms with Crippen molar-refractivity contribution in [2.75, 3.05) is 39.9 Å². The normalized spacial score (nSPS) is 16.2. The number of morpholine rings is 1. The zero-order chi connectivity index (χ0) is 21.2. The van der Waals surface area contributed by atoms with E-state index < -0.39 is 0 Å². The maximum atomic E-state index is 13.0. The van der Waals surface area contributed by atoms with Crippen molar-refractivity contribution in [2.24, 2.45) is 4.99 Å². The molecule has 0 aliphatic carbocycles. The van der Waals surface area contributed by atoms with E-state index in [4.69, 9.17) is 9.47 Å². The van der Waals surface area contributed by atoms with Crippen LogP contribution in [0.25, 0.3) is 0 Å². The van der Waals surface area contributed by atoms with E-state index in [1.54, 1.807) is 19.2 Å². The average molecular weight is 415 g/mol. The number of guanidine groups is 1. The lowest BCUT2D eigenvalue weighted by Crippen LogP contribution is -2.41. The SMILES string of the molecule is CN=C(NCc1ccccc1CN1CCOCC1)NCC(C)Oc1ccc(F)cc1. The number of hydrogen-bond acceptors (Lipinski definition) is 4.